The quantitative estimate of drug-likeness (QED) is 0.919. The Morgan fingerprint density at radius 3 is 2.75 bits per heavy atom. The van der Waals surface area contributed by atoms with Gasteiger partial charge >= 0.3 is 6.18 Å². The van der Waals surface area contributed by atoms with Crippen LogP contribution in [0.25, 0.3) is 0 Å². The van der Waals surface area contributed by atoms with E-state index in [0.717, 1.165) is 18.6 Å². The van der Waals surface area contributed by atoms with Crippen molar-refractivity contribution in [2.24, 2.45) is 5.92 Å². The van der Waals surface area contributed by atoms with Crippen LogP contribution >= 0.6 is 0 Å². The standard InChI is InChI=1S/C16H19F3N4O/c1-10(2)15(24)21-12-4-3-7-23(9-12)14-11(8-20)5-6-13(22-14)16(17,18)19/h5-6,10,12H,3-4,7,9H2,1-2H3,(H,21,24)/t12-/m1/s1. The highest BCUT2D eigenvalue weighted by Crippen LogP contribution is 2.31. The summed E-state index contributed by atoms with van der Waals surface area (Å²) in [5.74, 6) is -0.239. The molecule has 0 saturated carbocycles. The number of carbonyl (C=O) groups excluding carboxylic acids is 1. The first-order valence-corrected chi connectivity index (χ1v) is 7.76. The Bertz CT molecular complexity index is 652. The van der Waals surface area contributed by atoms with Crippen LogP contribution in [0.3, 0.4) is 0 Å². The molecule has 24 heavy (non-hydrogen) atoms. The molecule has 1 saturated heterocycles. The molecule has 2 rings (SSSR count). The van der Waals surface area contributed by atoms with Crippen LogP contribution in [0.4, 0.5) is 19.0 Å². The summed E-state index contributed by atoms with van der Waals surface area (Å²) in [7, 11) is 0. The van der Waals surface area contributed by atoms with Crippen LogP contribution in [-0.4, -0.2) is 30.0 Å². The number of halogens is 3. The lowest BCUT2D eigenvalue weighted by Crippen LogP contribution is -2.49. The van der Waals surface area contributed by atoms with Crippen molar-refractivity contribution in [3.63, 3.8) is 0 Å². The van der Waals surface area contributed by atoms with Crippen LogP contribution in [-0.2, 0) is 11.0 Å². The SMILES string of the molecule is CC(C)C(=O)N[C@@H]1CCCN(c2nc(C(F)(F)F)ccc2C#N)C1. The lowest BCUT2D eigenvalue weighted by atomic mass is 10.0. The third-order valence-electron chi connectivity index (χ3n) is 3.88. The van der Waals surface area contributed by atoms with E-state index >= 15 is 0 Å². The van der Waals surface area contributed by atoms with Gasteiger partial charge in [-0.3, -0.25) is 4.79 Å². The van der Waals surface area contributed by atoms with E-state index in [0.29, 0.717) is 19.5 Å². The topological polar surface area (TPSA) is 69.0 Å². The minimum atomic E-state index is -4.57. The third-order valence-corrected chi connectivity index (χ3v) is 3.88. The van der Waals surface area contributed by atoms with Gasteiger partial charge in [-0.25, -0.2) is 4.98 Å². The van der Waals surface area contributed by atoms with Gasteiger partial charge in [-0.1, -0.05) is 13.8 Å². The number of aromatic nitrogens is 1. The molecule has 1 aliphatic rings. The molecular weight excluding hydrogens is 321 g/mol. The highest BCUT2D eigenvalue weighted by molar-refractivity contribution is 5.78. The van der Waals surface area contributed by atoms with Crippen LogP contribution in [0.5, 0.6) is 0 Å². The van der Waals surface area contributed by atoms with E-state index in [9.17, 15) is 18.0 Å². The van der Waals surface area contributed by atoms with Crippen molar-refractivity contribution in [3.8, 4) is 6.07 Å². The van der Waals surface area contributed by atoms with E-state index in [-0.39, 0.29) is 29.2 Å². The molecule has 0 aliphatic carbocycles. The Morgan fingerprint density at radius 2 is 2.17 bits per heavy atom. The lowest BCUT2D eigenvalue weighted by molar-refractivity contribution is -0.141. The fourth-order valence-corrected chi connectivity index (χ4v) is 2.59. The van der Waals surface area contributed by atoms with Gasteiger partial charge in [-0.15, -0.1) is 0 Å². The summed E-state index contributed by atoms with van der Waals surface area (Å²) >= 11 is 0. The zero-order valence-corrected chi connectivity index (χ0v) is 13.5. The van der Waals surface area contributed by atoms with Crippen molar-refractivity contribution in [2.45, 2.75) is 38.9 Å². The van der Waals surface area contributed by atoms with Crippen LogP contribution in [0, 0.1) is 17.2 Å². The molecule has 5 nitrogen and oxygen atoms in total. The number of carbonyl (C=O) groups is 1. The van der Waals surface area contributed by atoms with Gasteiger partial charge in [0.25, 0.3) is 0 Å². The van der Waals surface area contributed by atoms with Gasteiger partial charge in [-0.2, -0.15) is 18.4 Å². The zero-order chi connectivity index (χ0) is 17.9. The monoisotopic (exact) mass is 340 g/mol. The first kappa shape index (κ1) is 18.0. The van der Waals surface area contributed by atoms with E-state index < -0.39 is 11.9 Å². The highest BCUT2D eigenvalue weighted by Gasteiger charge is 2.34. The molecule has 1 amide bonds. The number of nitriles is 1. The fraction of sp³-hybridized carbons (Fsp3) is 0.562. The number of piperidine rings is 1. The molecular formula is C16H19F3N4O. The molecule has 2 heterocycles. The maximum atomic E-state index is 12.9. The molecule has 1 aliphatic heterocycles. The van der Waals surface area contributed by atoms with Crippen molar-refractivity contribution < 1.29 is 18.0 Å². The molecule has 130 valence electrons. The van der Waals surface area contributed by atoms with E-state index in [2.05, 4.69) is 10.3 Å². The number of hydrogen-bond acceptors (Lipinski definition) is 4. The zero-order valence-electron chi connectivity index (χ0n) is 13.5. The second kappa shape index (κ2) is 7.07. The Kier molecular flexibility index (Phi) is 5.32. The summed E-state index contributed by atoms with van der Waals surface area (Å²) in [6, 6.07) is 3.67. The van der Waals surface area contributed by atoms with Gasteiger partial charge in [0.15, 0.2) is 0 Å². The average molecular weight is 340 g/mol. The number of anilines is 1. The van der Waals surface area contributed by atoms with E-state index in [1.54, 1.807) is 18.7 Å². The molecule has 0 unspecified atom stereocenters. The van der Waals surface area contributed by atoms with Gasteiger partial charge in [0.1, 0.15) is 17.6 Å². The number of rotatable bonds is 3. The smallest absolute Gasteiger partial charge is 0.353 e. The number of nitrogens with one attached hydrogen (secondary N) is 1. The Morgan fingerprint density at radius 1 is 1.46 bits per heavy atom. The normalized spacial score (nSPS) is 18.4. The second-order valence-electron chi connectivity index (χ2n) is 6.13. The van der Waals surface area contributed by atoms with Gasteiger partial charge < -0.3 is 10.2 Å². The van der Waals surface area contributed by atoms with Gasteiger partial charge in [0.2, 0.25) is 5.91 Å². The number of nitrogens with zero attached hydrogens (tertiary/aromatic N) is 3. The van der Waals surface area contributed by atoms with Crippen molar-refractivity contribution in [2.75, 3.05) is 18.0 Å². The van der Waals surface area contributed by atoms with Crippen molar-refractivity contribution in [1.82, 2.24) is 10.3 Å². The molecule has 1 aromatic heterocycles. The third kappa shape index (κ3) is 4.16. The number of amides is 1. The van der Waals surface area contributed by atoms with Crippen molar-refractivity contribution in [1.29, 1.82) is 5.26 Å². The summed E-state index contributed by atoms with van der Waals surface area (Å²) < 4.78 is 38.7. The molecule has 1 atom stereocenters. The number of hydrogen-bond donors (Lipinski definition) is 1. The fourth-order valence-electron chi connectivity index (χ4n) is 2.59. The predicted octanol–water partition coefficient (Wildman–Crippen LogP) is 2.71. The maximum absolute atomic E-state index is 12.9. The first-order chi connectivity index (χ1) is 11.2. The van der Waals surface area contributed by atoms with Crippen LogP contribution in [0.15, 0.2) is 12.1 Å². The minimum Gasteiger partial charge on any atom is -0.353 e. The molecule has 1 N–H and O–H groups in total. The van der Waals surface area contributed by atoms with Crippen molar-refractivity contribution in [3.05, 3.63) is 23.4 Å². The molecule has 0 spiro atoms. The lowest BCUT2D eigenvalue weighted by Gasteiger charge is -2.34. The van der Waals surface area contributed by atoms with Crippen LogP contribution < -0.4 is 10.2 Å². The van der Waals surface area contributed by atoms with E-state index in [1.807, 2.05) is 6.07 Å². The predicted molar refractivity (Wildman–Crippen MR) is 82.2 cm³/mol. The number of pyridine rings is 1. The summed E-state index contributed by atoms with van der Waals surface area (Å²) in [4.78, 5) is 17.1. The van der Waals surface area contributed by atoms with E-state index in [4.69, 9.17) is 5.26 Å². The molecule has 8 heteroatoms. The molecule has 1 aromatic rings. The van der Waals surface area contributed by atoms with Crippen LogP contribution in [0.2, 0.25) is 0 Å². The highest BCUT2D eigenvalue weighted by atomic mass is 19.4. The second-order valence-corrected chi connectivity index (χ2v) is 6.13. The Balaban J connectivity index is 2.23. The summed E-state index contributed by atoms with van der Waals surface area (Å²) in [6.45, 7) is 4.38. The van der Waals surface area contributed by atoms with Gasteiger partial charge in [-0.05, 0) is 25.0 Å². The van der Waals surface area contributed by atoms with Gasteiger partial charge in [0.05, 0.1) is 5.56 Å². The van der Waals surface area contributed by atoms with E-state index in [1.165, 1.54) is 0 Å². The minimum absolute atomic E-state index is 0.0239. The van der Waals surface area contributed by atoms with Crippen molar-refractivity contribution >= 4 is 11.7 Å². The summed E-state index contributed by atoms with van der Waals surface area (Å²) in [6.07, 6.45) is -3.12. The Hall–Kier alpha value is -2.30. The average Bonchev–Trinajstić information content (AvgIpc) is 2.53. The number of alkyl halides is 3. The van der Waals surface area contributed by atoms with Gasteiger partial charge in [0, 0.05) is 25.0 Å². The summed E-state index contributed by atoms with van der Waals surface area (Å²) in [5, 5.41) is 12.0. The molecule has 0 bridgehead atoms. The molecule has 1 fully saturated rings. The van der Waals surface area contributed by atoms with Crippen LogP contribution in [0.1, 0.15) is 37.9 Å². The largest absolute Gasteiger partial charge is 0.433 e. The molecule has 0 aromatic carbocycles. The Labute approximate surface area is 138 Å². The maximum Gasteiger partial charge on any atom is 0.433 e. The first-order valence-electron chi connectivity index (χ1n) is 7.76. The summed E-state index contributed by atoms with van der Waals surface area (Å²) in [5.41, 5.74) is -0.927. The molecule has 0 radical (unpaired) electrons.